The summed E-state index contributed by atoms with van der Waals surface area (Å²) in [6, 6.07) is 5.38. The van der Waals surface area contributed by atoms with Gasteiger partial charge in [0, 0.05) is 26.7 Å². The number of carbonyl (C=O) groups is 2. The van der Waals surface area contributed by atoms with E-state index in [1.165, 1.54) is 24.1 Å². The third-order valence-electron chi connectivity index (χ3n) is 3.56. The maximum atomic E-state index is 13.2. The molecule has 1 aliphatic heterocycles. The number of ether oxygens (including phenoxy) is 1. The van der Waals surface area contributed by atoms with Crippen molar-refractivity contribution in [1.29, 1.82) is 0 Å². The van der Waals surface area contributed by atoms with Gasteiger partial charge in [0.15, 0.2) is 0 Å². The van der Waals surface area contributed by atoms with Crippen molar-refractivity contribution in [3.63, 3.8) is 0 Å². The van der Waals surface area contributed by atoms with Crippen LogP contribution in [0.5, 0.6) is 0 Å². The zero-order valence-corrected chi connectivity index (χ0v) is 12.5. The Hall–Kier alpha value is -1.99. The Morgan fingerprint density at radius 1 is 1.45 bits per heavy atom. The second-order valence-electron chi connectivity index (χ2n) is 5.27. The van der Waals surface area contributed by atoms with Gasteiger partial charge in [0.2, 0.25) is 11.8 Å². The number of halogens is 1. The van der Waals surface area contributed by atoms with Crippen molar-refractivity contribution in [2.45, 2.75) is 12.6 Å². The molecule has 0 aliphatic carbocycles. The fourth-order valence-corrected chi connectivity index (χ4v) is 2.40. The van der Waals surface area contributed by atoms with E-state index in [1.807, 2.05) is 0 Å². The standard InChI is InChI=1S/C15H20FN3O3/c1-22-10-13(17)15(21)19-6-5-18(14(20)9-19)8-11-3-2-4-12(16)7-11/h2-4,7,13H,5-6,8-10,17H2,1H3. The molecule has 0 bridgehead atoms. The minimum atomic E-state index is -0.757. The highest BCUT2D eigenvalue weighted by Crippen LogP contribution is 2.11. The molecule has 2 amide bonds. The van der Waals surface area contributed by atoms with Gasteiger partial charge < -0.3 is 20.3 Å². The minimum absolute atomic E-state index is 0.00837. The average molecular weight is 309 g/mol. The molecule has 1 atom stereocenters. The summed E-state index contributed by atoms with van der Waals surface area (Å²) in [7, 11) is 1.47. The number of hydrogen-bond acceptors (Lipinski definition) is 4. The molecule has 0 spiro atoms. The van der Waals surface area contributed by atoms with Crippen LogP contribution in [0.15, 0.2) is 24.3 Å². The summed E-state index contributed by atoms with van der Waals surface area (Å²) < 4.78 is 18.0. The quantitative estimate of drug-likeness (QED) is 0.829. The number of methoxy groups -OCH3 is 1. The summed E-state index contributed by atoms with van der Waals surface area (Å²) >= 11 is 0. The van der Waals surface area contributed by atoms with Gasteiger partial charge in [-0.3, -0.25) is 9.59 Å². The van der Waals surface area contributed by atoms with Crippen LogP contribution in [0.1, 0.15) is 5.56 Å². The number of benzene rings is 1. The van der Waals surface area contributed by atoms with Crippen LogP contribution >= 0.6 is 0 Å². The van der Waals surface area contributed by atoms with Gasteiger partial charge in [0.25, 0.3) is 0 Å². The molecule has 2 N–H and O–H groups in total. The Balaban J connectivity index is 1.93. The van der Waals surface area contributed by atoms with Gasteiger partial charge in [0.05, 0.1) is 13.2 Å². The van der Waals surface area contributed by atoms with Crippen molar-refractivity contribution in [2.24, 2.45) is 5.73 Å². The van der Waals surface area contributed by atoms with Crippen molar-refractivity contribution < 1.29 is 18.7 Å². The fourth-order valence-electron chi connectivity index (χ4n) is 2.40. The highest BCUT2D eigenvalue weighted by atomic mass is 19.1. The van der Waals surface area contributed by atoms with E-state index in [-0.39, 0.29) is 30.8 Å². The lowest BCUT2D eigenvalue weighted by Gasteiger charge is -2.35. The molecule has 1 unspecified atom stereocenters. The van der Waals surface area contributed by atoms with Crippen molar-refractivity contribution in [1.82, 2.24) is 9.80 Å². The topological polar surface area (TPSA) is 75.9 Å². The van der Waals surface area contributed by atoms with Gasteiger partial charge in [-0.05, 0) is 17.7 Å². The molecule has 22 heavy (non-hydrogen) atoms. The van der Waals surface area contributed by atoms with Crippen LogP contribution in [-0.2, 0) is 20.9 Å². The summed E-state index contributed by atoms with van der Waals surface area (Å²) in [5, 5.41) is 0. The van der Waals surface area contributed by atoms with Crippen LogP contribution in [-0.4, -0.2) is 61.0 Å². The molecular formula is C15H20FN3O3. The number of carbonyl (C=O) groups excluding carboxylic acids is 2. The zero-order chi connectivity index (χ0) is 16.1. The molecule has 2 rings (SSSR count). The van der Waals surface area contributed by atoms with E-state index in [1.54, 1.807) is 17.0 Å². The second-order valence-corrected chi connectivity index (χ2v) is 5.27. The van der Waals surface area contributed by atoms with Crippen molar-refractivity contribution in [2.75, 3.05) is 33.4 Å². The van der Waals surface area contributed by atoms with Gasteiger partial charge in [-0.2, -0.15) is 0 Å². The fraction of sp³-hybridized carbons (Fsp3) is 0.467. The first-order valence-corrected chi connectivity index (χ1v) is 7.07. The molecule has 0 aromatic heterocycles. The van der Waals surface area contributed by atoms with E-state index < -0.39 is 6.04 Å². The second kappa shape index (κ2) is 7.33. The van der Waals surface area contributed by atoms with Crippen molar-refractivity contribution in [3.8, 4) is 0 Å². The SMILES string of the molecule is COCC(N)C(=O)N1CCN(Cc2cccc(F)c2)C(=O)C1. The van der Waals surface area contributed by atoms with Gasteiger partial charge in [-0.1, -0.05) is 12.1 Å². The summed E-state index contributed by atoms with van der Waals surface area (Å²) in [4.78, 5) is 27.2. The molecule has 1 aliphatic rings. The lowest BCUT2D eigenvalue weighted by atomic mass is 10.1. The third-order valence-corrected chi connectivity index (χ3v) is 3.56. The highest BCUT2D eigenvalue weighted by molar-refractivity contribution is 5.88. The Bertz CT molecular complexity index is 553. The van der Waals surface area contributed by atoms with Crippen molar-refractivity contribution in [3.05, 3.63) is 35.6 Å². The predicted octanol–water partition coefficient (Wildman–Crippen LogP) is -0.0298. The molecule has 0 saturated carbocycles. The van der Waals surface area contributed by atoms with Gasteiger partial charge in [0.1, 0.15) is 11.9 Å². The first-order valence-electron chi connectivity index (χ1n) is 7.07. The van der Waals surface area contributed by atoms with Gasteiger partial charge in [-0.15, -0.1) is 0 Å². The number of hydrogen-bond donors (Lipinski definition) is 1. The first kappa shape index (κ1) is 16.4. The molecule has 7 heteroatoms. The lowest BCUT2D eigenvalue weighted by molar-refractivity contribution is -0.147. The summed E-state index contributed by atoms with van der Waals surface area (Å²) in [5.41, 5.74) is 6.42. The average Bonchev–Trinajstić information content (AvgIpc) is 2.49. The molecular weight excluding hydrogens is 289 g/mol. The normalized spacial score (nSPS) is 16.8. The molecule has 6 nitrogen and oxygen atoms in total. The number of amides is 2. The predicted molar refractivity (Wildman–Crippen MR) is 78.2 cm³/mol. The summed E-state index contributed by atoms with van der Waals surface area (Å²) in [6.45, 7) is 1.27. The Labute approximate surface area is 128 Å². The van der Waals surface area contributed by atoms with Crippen LogP contribution < -0.4 is 5.73 Å². The molecule has 1 saturated heterocycles. The number of piperazine rings is 1. The molecule has 1 aromatic carbocycles. The molecule has 0 radical (unpaired) electrons. The maximum absolute atomic E-state index is 13.2. The first-order chi connectivity index (χ1) is 10.5. The van der Waals surface area contributed by atoms with E-state index in [4.69, 9.17) is 10.5 Å². The summed E-state index contributed by atoms with van der Waals surface area (Å²) in [6.07, 6.45) is 0. The van der Waals surface area contributed by atoms with E-state index in [0.29, 0.717) is 19.6 Å². The van der Waals surface area contributed by atoms with Crippen LogP contribution in [0.3, 0.4) is 0 Å². The Kier molecular flexibility index (Phi) is 5.46. The van der Waals surface area contributed by atoms with Gasteiger partial charge in [-0.25, -0.2) is 4.39 Å². The third kappa shape index (κ3) is 4.02. The van der Waals surface area contributed by atoms with Crippen LogP contribution in [0.25, 0.3) is 0 Å². The maximum Gasteiger partial charge on any atom is 0.242 e. The smallest absolute Gasteiger partial charge is 0.242 e. The number of nitrogens with zero attached hydrogens (tertiary/aromatic N) is 2. The number of nitrogens with two attached hydrogens (primary N) is 1. The van der Waals surface area contributed by atoms with Crippen molar-refractivity contribution >= 4 is 11.8 Å². The Morgan fingerprint density at radius 3 is 2.86 bits per heavy atom. The van der Waals surface area contributed by atoms with E-state index in [9.17, 15) is 14.0 Å². The van der Waals surface area contributed by atoms with E-state index in [0.717, 1.165) is 5.56 Å². The molecule has 1 fully saturated rings. The van der Waals surface area contributed by atoms with E-state index in [2.05, 4.69) is 0 Å². The van der Waals surface area contributed by atoms with Crippen LogP contribution in [0, 0.1) is 5.82 Å². The molecule has 1 aromatic rings. The monoisotopic (exact) mass is 309 g/mol. The molecule has 120 valence electrons. The highest BCUT2D eigenvalue weighted by Gasteiger charge is 2.29. The largest absolute Gasteiger partial charge is 0.383 e. The van der Waals surface area contributed by atoms with Gasteiger partial charge >= 0.3 is 0 Å². The molecule has 1 heterocycles. The Morgan fingerprint density at radius 2 is 2.23 bits per heavy atom. The number of rotatable bonds is 5. The van der Waals surface area contributed by atoms with Crippen LogP contribution in [0.4, 0.5) is 4.39 Å². The summed E-state index contributed by atoms with van der Waals surface area (Å²) in [5.74, 6) is -0.793. The zero-order valence-electron chi connectivity index (χ0n) is 12.5. The lowest BCUT2D eigenvalue weighted by Crippen LogP contribution is -2.56. The van der Waals surface area contributed by atoms with E-state index >= 15 is 0 Å². The van der Waals surface area contributed by atoms with Crippen LogP contribution in [0.2, 0.25) is 0 Å². The minimum Gasteiger partial charge on any atom is -0.383 e.